The Bertz CT molecular complexity index is 255. The Morgan fingerprint density at radius 2 is 2.09 bits per heavy atom. The van der Waals surface area contributed by atoms with E-state index in [1.54, 1.807) is 0 Å². The molecular formula is C7H9N3O. The highest BCUT2D eigenvalue weighted by atomic mass is 16.1. The second kappa shape index (κ2) is 3.21. The van der Waals surface area contributed by atoms with Crippen LogP contribution in [-0.2, 0) is 6.54 Å². The Morgan fingerprint density at radius 1 is 1.55 bits per heavy atom. The number of nitrogens with zero attached hydrogens (tertiary/aromatic N) is 2. The van der Waals surface area contributed by atoms with Crippen molar-refractivity contribution in [3.8, 4) is 0 Å². The summed E-state index contributed by atoms with van der Waals surface area (Å²) in [5.74, 6) is 0.517. The maximum Gasteiger partial charge on any atom is 0.162 e. The SMILES string of the molecule is CC(=O)c1cnc(CN)nc1. The highest BCUT2D eigenvalue weighted by Crippen LogP contribution is 1.95. The summed E-state index contributed by atoms with van der Waals surface area (Å²) in [5, 5.41) is 0. The zero-order valence-electron chi connectivity index (χ0n) is 6.24. The monoisotopic (exact) mass is 151 g/mol. The van der Waals surface area contributed by atoms with Gasteiger partial charge in [0.15, 0.2) is 5.78 Å². The van der Waals surface area contributed by atoms with Gasteiger partial charge in [0.25, 0.3) is 0 Å². The van der Waals surface area contributed by atoms with Gasteiger partial charge in [-0.05, 0) is 6.92 Å². The lowest BCUT2D eigenvalue weighted by Crippen LogP contribution is -2.04. The molecule has 4 heteroatoms. The molecule has 11 heavy (non-hydrogen) atoms. The zero-order chi connectivity index (χ0) is 8.27. The first kappa shape index (κ1) is 7.81. The molecule has 58 valence electrons. The molecule has 0 unspecified atom stereocenters. The number of nitrogens with two attached hydrogens (primary N) is 1. The van der Waals surface area contributed by atoms with Crippen LogP contribution in [0.4, 0.5) is 0 Å². The molecule has 0 spiro atoms. The van der Waals surface area contributed by atoms with Crippen molar-refractivity contribution >= 4 is 5.78 Å². The summed E-state index contributed by atoms with van der Waals surface area (Å²) in [6.45, 7) is 1.78. The van der Waals surface area contributed by atoms with E-state index < -0.39 is 0 Å². The second-order valence-electron chi connectivity index (χ2n) is 2.15. The summed E-state index contributed by atoms with van der Waals surface area (Å²) in [6.07, 6.45) is 2.97. The van der Waals surface area contributed by atoms with E-state index in [4.69, 9.17) is 5.73 Å². The van der Waals surface area contributed by atoms with Crippen LogP contribution in [0.15, 0.2) is 12.4 Å². The molecule has 2 N–H and O–H groups in total. The van der Waals surface area contributed by atoms with E-state index in [0.29, 0.717) is 17.9 Å². The lowest BCUT2D eigenvalue weighted by molar-refractivity contribution is 0.101. The van der Waals surface area contributed by atoms with Crippen LogP contribution >= 0.6 is 0 Å². The molecular weight excluding hydrogens is 142 g/mol. The molecule has 0 aliphatic carbocycles. The maximum absolute atomic E-state index is 10.7. The maximum atomic E-state index is 10.7. The van der Waals surface area contributed by atoms with Crippen LogP contribution in [0.2, 0.25) is 0 Å². The Labute approximate surface area is 64.5 Å². The van der Waals surface area contributed by atoms with E-state index >= 15 is 0 Å². The Balaban J connectivity index is 2.91. The summed E-state index contributed by atoms with van der Waals surface area (Å²) >= 11 is 0. The van der Waals surface area contributed by atoms with Gasteiger partial charge in [-0.3, -0.25) is 4.79 Å². The lowest BCUT2D eigenvalue weighted by Gasteiger charge is -1.95. The van der Waals surface area contributed by atoms with Crippen LogP contribution < -0.4 is 5.73 Å². The van der Waals surface area contributed by atoms with Gasteiger partial charge in [0.2, 0.25) is 0 Å². The van der Waals surface area contributed by atoms with Gasteiger partial charge in [0.1, 0.15) is 5.82 Å². The minimum atomic E-state index is -0.0337. The van der Waals surface area contributed by atoms with Gasteiger partial charge >= 0.3 is 0 Å². The molecule has 0 aliphatic rings. The second-order valence-corrected chi connectivity index (χ2v) is 2.15. The van der Waals surface area contributed by atoms with Crippen LogP contribution in [0.3, 0.4) is 0 Å². The first-order valence-electron chi connectivity index (χ1n) is 3.26. The topological polar surface area (TPSA) is 68.9 Å². The zero-order valence-corrected chi connectivity index (χ0v) is 6.24. The molecule has 0 radical (unpaired) electrons. The van der Waals surface area contributed by atoms with E-state index in [-0.39, 0.29) is 5.78 Å². The minimum Gasteiger partial charge on any atom is -0.324 e. The van der Waals surface area contributed by atoms with Crippen molar-refractivity contribution < 1.29 is 4.79 Å². The number of Topliss-reactive ketones (excluding diaryl/α,β-unsaturated/α-hetero) is 1. The predicted molar refractivity (Wildman–Crippen MR) is 39.9 cm³/mol. The number of aromatic nitrogens is 2. The summed E-state index contributed by atoms with van der Waals surface area (Å²) in [7, 11) is 0. The van der Waals surface area contributed by atoms with Gasteiger partial charge in [-0.15, -0.1) is 0 Å². The van der Waals surface area contributed by atoms with Crippen LogP contribution in [0.25, 0.3) is 0 Å². The van der Waals surface area contributed by atoms with Crippen molar-refractivity contribution in [2.75, 3.05) is 0 Å². The average molecular weight is 151 g/mol. The van der Waals surface area contributed by atoms with Crippen molar-refractivity contribution in [1.82, 2.24) is 9.97 Å². The van der Waals surface area contributed by atoms with Crippen LogP contribution in [0.1, 0.15) is 23.1 Å². The van der Waals surface area contributed by atoms with Gasteiger partial charge in [-0.1, -0.05) is 0 Å². The van der Waals surface area contributed by atoms with Gasteiger partial charge in [0, 0.05) is 12.4 Å². The van der Waals surface area contributed by atoms with Crippen LogP contribution in [-0.4, -0.2) is 15.8 Å². The third-order valence-electron chi connectivity index (χ3n) is 1.29. The lowest BCUT2D eigenvalue weighted by atomic mass is 10.2. The standard InChI is InChI=1S/C7H9N3O/c1-5(11)6-3-9-7(2-8)10-4-6/h3-4H,2,8H2,1H3. The average Bonchev–Trinajstić information content (AvgIpc) is 2.05. The van der Waals surface area contributed by atoms with Crippen molar-refractivity contribution in [1.29, 1.82) is 0 Å². The van der Waals surface area contributed by atoms with Gasteiger partial charge in [-0.2, -0.15) is 0 Å². The molecule has 0 aliphatic heterocycles. The van der Waals surface area contributed by atoms with Crippen molar-refractivity contribution in [2.45, 2.75) is 13.5 Å². The summed E-state index contributed by atoms with van der Waals surface area (Å²) in [5.41, 5.74) is 5.78. The molecule has 0 bridgehead atoms. The van der Waals surface area contributed by atoms with Crippen LogP contribution in [0.5, 0.6) is 0 Å². The summed E-state index contributed by atoms with van der Waals surface area (Å²) in [4.78, 5) is 18.5. The normalized spacial score (nSPS) is 9.64. The molecule has 0 fully saturated rings. The number of carbonyl (C=O) groups is 1. The first-order chi connectivity index (χ1) is 5.24. The van der Waals surface area contributed by atoms with Crippen molar-refractivity contribution in [3.63, 3.8) is 0 Å². The quantitative estimate of drug-likeness (QED) is 0.610. The molecule has 1 heterocycles. The molecule has 0 saturated carbocycles. The van der Waals surface area contributed by atoms with Crippen LogP contribution in [0, 0.1) is 0 Å². The van der Waals surface area contributed by atoms with Gasteiger partial charge in [-0.25, -0.2) is 9.97 Å². The third kappa shape index (κ3) is 1.81. The summed E-state index contributed by atoms with van der Waals surface area (Å²) < 4.78 is 0. The number of carbonyl (C=O) groups excluding carboxylic acids is 1. The minimum absolute atomic E-state index is 0.0337. The molecule has 0 atom stereocenters. The van der Waals surface area contributed by atoms with E-state index in [0.717, 1.165) is 0 Å². The molecule has 1 rings (SSSR count). The van der Waals surface area contributed by atoms with E-state index in [1.165, 1.54) is 19.3 Å². The Morgan fingerprint density at radius 3 is 2.45 bits per heavy atom. The first-order valence-corrected chi connectivity index (χ1v) is 3.26. The van der Waals surface area contributed by atoms with E-state index in [1.807, 2.05) is 0 Å². The smallest absolute Gasteiger partial charge is 0.162 e. The molecule has 4 nitrogen and oxygen atoms in total. The highest BCUT2D eigenvalue weighted by Gasteiger charge is 1.99. The fourth-order valence-corrected chi connectivity index (χ4v) is 0.642. The number of rotatable bonds is 2. The van der Waals surface area contributed by atoms with Crippen molar-refractivity contribution in [3.05, 3.63) is 23.8 Å². The fourth-order valence-electron chi connectivity index (χ4n) is 0.642. The number of ketones is 1. The van der Waals surface area contributed by atoms with E-state index in [2.05, 4.69) is 9.97 Å². The van der Waals surface area contributed by atoms with Gasteiger partial charge < -0.3 is 5.73 Å². The molecule has 1 aromatic heterocycles. The summed E-state index contributed by atoms with van der Waals surface area (Å²) in [6, 6.07) is 0. The largest absolute Gasteiger partial charge is 0.324 e. The number of hydrogen-bond acceptors (Lipinski definition) is 4. The predicted octanol–water partition coefficient (Wildman–Crippen LogP) is 0.138. The van der Waals surface area contributed by atoms with Gasteiger partial charge in [0.05, 0.1) is 12.1 Å². The Kier molecular flexibility index (Phi) is 2.28. The van der Waals surface area contributed by atoms with E-state index in [9.17, 15) is 4.79 Å². The van der Waals surface area contributed by atoms with Crippen molar-refractivity contribution in [2.24, 2.45) is 5.73 Å². The molecule has 1 aromatic rings. The number of hydrogen-bond donors (Lipinski definition) is 1. The Hall–Kier alpha value is -1.29. The third-order valence-corrected chi connectivity index (χ3v) is 1.29. The highest BCUT2D eigenvalue weighted by molar-refractivity contribution is 5.93. The molecule has 0 aromatic carbocycles. The molecule has 0 saturated heterocycles. The molecule has 0 amide bonds. The fraction of sp³-hybridized carbons (Fsp3) is 0.286.